The second kappa shape index (κ2) is 10.9. The van der Waals surface area contributed by atoms with Gasteiger partial charge in [-0.3, -0.25) is 9.69 Å². The first-order chi connectivity index (χ1) is 16.2. The average Bonchev–Trinajstić information content (AvgIpc) is 3.27. The van der Waals surface area contributed by atoms with E-state index in [1.54, 1.807) is 13.0 Å². The molecule has 170 valence electrons. The summed E-state index contributed by atoms with van der Waals surface area (Å²) in [5.41, 5.74) is 3.50. The van der Waals surface area contributed by atoms with Crippen LogP contribution in [0.4, 0.5) is 0 Å². The molecule has 3 aromatic rings. The van der Waals surface area contributed by atoms with E-state index >= 15 is 0 Å². The van der Waals surface area contributed by atoms with Crippen molar-refractivity contribution in [3.63, 3.8) is 0 Å². The number of ether oxygens (including phenoxy) is 2. The van der Waals surface area contributed by atoms with E-state index in [-0.39, 0.29) is 30.4 Å². The quantitative estimate of drug-likeness (QED) is 0.467. The summed E-state index contributed by atoms with van der Waals surface area (Å²) < 4.78 is 11.0. The highest BCUT2D eigenvalue weighted by Crippen LogP contribution is 2.36. The van der Waals surface area contributed by atoms with E-state index in [0.29, 0.717) is 25.3 Å². The van der Waals surface area contributed by atoms with Crippen molar-refractivity contribution in [1.82, 2.24) is 4.90 Å². The molecule has 0 saturated carbocycles. The predicted molar refractivity (Wildman–Crippen MR) is 127 cm³/mol. The van der Waals surface area contributed by atoms with Crippen LogP contribution in [0.2, 0.25) is 0 Å². The standard InChI is InChI=1S/C28H29NO4/c1-2-32-27(30)24-16-10-9-15-23(24)25-18-29(17-21-11-5-3-6-12-21)19-26(25)28(31)33-20-22-13-7-4-8-14-22/h3-16,25-26H,2,17-20H2,1H3. The molecule has 0 bridgehead atoms. The van der Waals surface area contributed by atoms with Gasteiger partial charge in [0.2, 0.25) is 0 Å². The zero-order valence-corrected chi connectivity index (χ0v) is 18.9. The van der Waals surface area contributed by atoms with Crippen LogP contribution in [-0.2, 0) is 27.4 Å². The number of likely N-dealkylation sites (tertiary alicyclic amines) is 1. The highest BCUT2D eigenvalue weighted by atomic mass is 16.5. The van der Waals surface area contributed by atoms with E-state index < -0.39 is 0 Å². The SMILES string of the molecule is CCOC(=O)c1ccccc1C1CN(Cc2ccccc2)CC1C(=O)OCc1ccccc1. The summed E-state index contributed by atoms with van der Waals surface area (Å²) in [6.45, 7) is 4.31. The number of hydrogen-bond acceptors (Lipinski definition) is 5. The number of benzene rings is 3. The first kappa shape index (κ1) is 22.7. The lowest BCUT2D eigenvalue weighted by Gasteiger charge is -2.20. The first-order valence-corrected chi connectivity index (χ1v) is 11.4. The van der Waals surface area contributed by atoms with Crippen molar-refractivity contribution in [1.29, 1.82) is 0 Å². The fraction of sp³-hybridized carbons (Fsp3) is 0.286. The van der Waals surface area contributed by atoms with E-state index in [1.165, 1.54) is 5.56 Å². The lowest BCUT2D eigenvalue weighted by molar-refractivity contribution is -0.149. The molecule has 4 rings (SSSR count). The Kier molecular flexibility index (Phi) is 7.53. The Morgan fingerprint density at radius 1 is 0.818 bits per heavy atom. The highest BCUT2D eigenvalue weighted by Gasteiger charge is 2.41. The summed E-state index contributed by atoms with van der Waals surface area (Å²) in [7, 11) is 0. The van der Waals surface area contributed by atoms with Gasteiger partial charge in [-0.05, 0) is 29.7 Å². The average molecular weight is 444 g/mol. The van der Waals surface area contributed by atoms with Gasteiger partial charge in [0.15, 0.2) is 0 Å². The number of esters is 2. The zero-order valence-electron chi connectivity index (χ0n) is 18.9. The van der Waals surface area contributed by atoms with Gasteiger partial charge >= 0.3 is 11.9 Å². The maximum Gasteiger partial charge on any atom is 0.338 e. The third kappa shape index (κ3) is 5.68. The Bertz CT molecular complexity index is 1070. The van der Waals surface area contributed by atoms with E-state index in [9.17, 15) is 9.59 Å². The van der Waals surface area contributed by atoms with Gasteiger partial charge in [-0.2, -0.15) is 0 Å². The smallest absolute Gasteiger partial charge is 0.338 e. The summed E-state index contributed by atoms with van der Waals surface area (Å²) >= 11 is 0. The maximum atomic E-state index is 13.2. The second-order valence-electron chi connectivity index (χ2n) is 8.29. The van der Waals surface area contributed by atoms with Crippen LogP contribution in [0, 0.1) is 5.92 Å². The molecule has 2 atom stereocenters. The minimum atomic E-state index is -0.368. The molecule has 1 saturated heterocycles. The zero-order chi connectivity index (χ0) is 23.0. The fourth-order valence-corrected chi connectivity index (χ4v) is 4.46. The van der Waals surface area contributed by atoms with Crippen LogP contribution in [0.25, 0.3) is 0 Å². The molecule has 0 radical (unpaired) electrons. The van der Waals surface area contributed by atoms with E-state index in [4.69, 9.17) is 9.47 Å². The second-order valence-corrected chi connectivity index (χ2v) is 8.29. The van der Waals surface area contributed by atoms with Crippen molar-refractivity contribution in [3.8, 4) is 0 Å². The molecule has 3 aromatic carbocycles. The number of rotatable bonds is 8. The fourth-order valence-electron chi connectivity index (χ4n) is 4.46. The molecule has 5 nitrogen and oxygen atoms in total. The lowest BCUT2D eigenvalue weighted by atomic mass is 9.86. The number of carbonyl (C=O) groups excluding carboxylic acids is 2. The van der Waals surface area contributed by atoms with Gasteiger partial charge in [-0.15, -0.1) is 0 Å². The first-order valence-electron chi connectivity index (χ1n) is 11.4. The highest BCUT2D eigenvalue weighted by molar-refractivity contribution is 5.91. The lowest BCUT2D eigenvalue weighted by Crippen LogP contribution is -2.26. The van der Waals surface area contributed by atoms with E-state index in [0.717, 1.165) is 17.7 Å². The molecular formula is C28H29NO4. The summed E-state index contributed by atoms with van der Waals surface area (Å²) in [6.07, 6.45) is 0. The molecule has 33 heavy (non-hydrogen) atoms. The summed E-state index contributed by atoms with van der Waals surface area (Å²) in [5.74, 6) is -1.12. The number of hydrogen-bond donors (Lipinski definition) is 0. The minimum Gasteiger partial charge on any atom is -0.462 e. The van der Waals surface area contributed by atoms with Crippen LogP contribution in [0.15, 0.2) is 84.9 Å². The van der Waals surface area contributed by atoms with Crippen molar-refractivity contribution in [2.75, 3.05) is 19.7 Å². The van der Waals surface area contributed by atoms with E-state index in [1.807, 2.05) is 66.7 Å². The molecule has 2 unspecified atom stereocenters. The largest absolute Gasteiger partial charge is 0.462 e. The van der Waals surface area contributed by atoms with Gasteiger partial charge in [-0.1, -0.05) is 78.9 Å². The van der Waals surface area contributed by atoms with Crippen LogP contribution in [0.5, 0.6) is 0 Å². The van der Waals surface area contributed by atoms with Gasteiger partial charge in [0.25, 0.3) is 0 Å². The molecule has 1 heterocycles. The number of carbonyl (C=O) groups is 2. The molecule has 0 aromatic heterocycles. The van der Waals surface area contributed by atoms with Crippen LogP contribution in [-0.4, -0.2) is 36.5 Å². The molecule has 0 spiro atoms. The summed E-state index contributed by atoms with van der Waals surface area (Å²) in [4.78, 5) is 28.1. The molecule has 1 aliphatic rings. The minimum absolute atomic E-state index is 0.155. The molecule has 5 heteroatoms. The Morgan fingerprint density at radius 3 is 2.15 bits per heavy atom. The Hall–Kier alpha value is -3.44. The van der Waals surface area contributed by atoms with Gasteiger partial charge in [-0.25, -0.2) is 4.79 Å². The summed E-state index contributed by atoms with van der Waals surface area (Å²) in [5, 5.41) is 0. The van der Waals surface area contributed by atoms with Gasteiger partial charge in [0.05, 0.1) is 18.1 Å². The molecule has 0 amide bonds. The Labute approximate surface area is 194 Å². The molecule has 0 N–H and O–H groups in total. The van der Waals surface area contributed by atoms with Crippen molar-refractivity contribution in [2.45, 2.75) is 26.0 Å². The van der Waals surface area contributed by atoms with Gasteiger partial charge in [0, 0.05) is 25.6 Å². The Balaban J connectivity index is 1.57. The Morgan fingerprint density at radius 2 is 1.45 bits per heavy atom. The van der Waals surface area contributed by atoms with E-state index in [2.05, 4.69) is 17.0 Å². The predicted octanol–water partition coefficient (Wildman–Crippen LogP) is 4.82. The normalized spacial score (nSPS) is 18.1. The van der Waals surface area contributed by atoms with Gasteiger partial charge in [0.1, 0.15) is 6.61 Å². The molecule has 1 aliphatic heterocycles. The maximum absolute atomic E-state index is 13.2. The molecular weight excluding hydrogens is 414 g/mol. The van der Waals surface area contributed by atoms with Crippen molar-refractivity contribution in [3.05, 3.63) is 107 Å². The molecule has 1 fully saturated rings. The van der Waals surface area contributed by atoms with Crippen LogP contribution in [0.3, 0.4) is 0 Å². The van der Waals surface area contributed by atoms with Crippen molar-refractivity contribution >= 4 is 11.9 Å². The van der Waals surface area contributed by atoms with Crippen LogP contribution < -0.4 is 0 Å². The van der Waals surface area contributed by atoms with Crippen molar-refractivity contribution in [2.24, 2.45) is 5.92 Å². The number of nitrogens with zero attached hydrogens (tertiary/aromatic N) is 1. The van der Waals surface area contributed by atoms with Crippen molar-refractivity contribution < 1.29 is 19.1 Å². The summed E-state index contributed by atoms with van der Waals surface area (Å²) in [6, 6.07) is 27.3. The monoisotopic (exact) mass is 443 g/mol. The van der Waals surface area contributed by atoms with Crippen LogP contribution >= 0.6 is 0 Å². The topological polar surface area (TPSA) is 55.8 Å². The van der Waals surface area contributed by atoms with Crippen LogP contribution in [0.1, 0.15) is 39.9 Å². The third-order valence-electron chi connectivity index (χ3n) is 6.03. The molecule has 0 aliphatic carbocycles. The van der Waals surface area contributed by atoms with Gasteiger partial charge < -0.3 is 9.47 Å². The third-order valence-corrected chi connectivity index (χ3v) is 6.03.